The monoisotopic (exact) mass is 335 g/mol. The van der Waals surface area contributed by atoms with Gasteiger partial charge >= 0.3 is 5.97 Å². The number of hydrogen-bond donors (Lipinski definition) is 1. The van der Waals surface area contributed by atoms with Crippen LogP contribution in [0.3, 0.4) is 0 Å². The fourth-order valence-electron chi connectivity index (χ4n) is 1.62. The highest BCUT2D eigenvalue weighted by atomic mass is 79.9. The average Bonchev–Trinajstić information content (AvgIpc) is 2.41. The molecule has 0 spiro atoms. The van der Waals surface area contributed by atoms with Crippen molar-refractivity contribution in [1.82, 2.24) is 4.98 Å². The number of rotatable bonds is 4. The summed E-state index contributed by atoms with van der Waals surface area (Å²) in [5.41, 5.74) is 0.868. The van der Waals surface area contributed by atoms with E-state index in [1.54, 1.807) is 18.2 Å². The van der Waals surface area contributed by atoms with Crippen molar-refractivity contribution in [2.24, 2.45) is 0 Å². The quantitative estimate of drug-likeness (QED) is 0.896. The van der Waals surface area contributed by atoms with Crippen molar-refractivity contribution in [1.29, 1.82) is 0 Å². The number of ether oxygens (including phenoxy) is 1. The second kappa shape index (κ2) is 6.05. The number of nitrogens with zero attached hydrogens (tertiary/aromatic N) is 1. The van der Waals surface area contributed by atoms with E-state index in [9.17, 15) is 4.79 Å². The molecule has 0 saturated carbocycles. The second-order valence-electron chi connectivity index (χ2n) is 4.63. The fourth-order valence-corrected chi connectivity index (χ4v) is 1.89. The highest BCUT2D eigenvalue weighted by molar-refractivity contribution is 9.10. The Hall–Kier alpha value is -1.88. The SMILES string of the molecule is CC(C)c1cc(C(=O)O)cc(Oc2ccc(Br)cc2)n1. The molecule has 2 aromatic rings. The average molecular weight is 336 g/mol. The maximum atomic E-state index is 11.1. The van der Waals surface area contributed by atoms with Crippen molar-refractivity contribution in [2.45, 2.75) is 19.8 Å². The molecule has 0 bridgehead atoms. The minimum Gasteiger partial charge on any atom is -0.478 e. The van der Waals surface area contributed by atoms with Gasteiger partial charge in [-0.3, -0.25) is 0 Å². The Morgan fingerprint density at radius 2 is 1.90 bits per heavy atom. The number of benzene rings is 1. The van der Waals surface area contributed by atoms with Gasteiger partial charge in [-0.25, -0.2) is 9.78 Å². The number of carboxylic acids is 1. The molecular formula is C15H14BrNO3. The molecule has 1 aromatic carbocycles. The molecule has 0 aliphatic carbocycles. The lowest BCUT2D eigenvalue weighted by Crippen LogP contribution is -2.03. The van der Waals surface area contributed by atoms with Crippen LogP contribution in [-0.2, 0) is 0 Å². The number of carbonyl (C=O) groups is 1. The van der Waals surface area contributed by atoms with Gasteiger partial charge in [0.25, 0.3) is 0 Å². The van der Waals surface area contributed by atoms with Gasteiger partial charge in [-0.15, -0.1) is 0 Å². The van der Waals surface area contributed by atoms with E-state index in [-0.39, 0.29) is 17.4 Å². The van der Waals surface area contributed by atoms with Gasteiger partial charge in [-0.05, 0) is 36.2 Å². The van der Waals surface area contributed by atoms with Crippen LogP contribution in [0.2, 0.25) is 0 Å². The van der Waals surface area contributed by atoms with Gasteiger partial charge in [0.05, 0.1) is 5.56 Å². The van der Waals surface area contributed by atoms with Gasteiger partial charge in [0.15, 0.2) is 0 Å². The van der Waals surface area contributed by atoms with E-state index in [0.29, 0.717) is 11.4 Å². The van der Waals surface area contributed by atoms with E-state index in [0.717, 1.165) is 4.47 Å². The molecule has 0 saturated heterocycles. The van der Waals surface area contributed by atoms with E-state index in [4.69, 9.17) is 9.84 Å². The maximum Gasteiger partial charge on any atom is 0.335 e. The first kappa shape index (κ1) is 14.5. The summed E-state index contributed by atoms with van der Waals surface area (Å²) in [7, 11) is 0. The second-order valence-corrected chi connectivity index (χ2v) is 5.55. The molecule has 0 aliphatic heterocycles. The minimum absolute atomic E-state index is 0.126. The molecule has 1 aromatic heterocycles. The van der Waals surface area contributed by atoms with E-state index < -0.39 is 5.97 Å². The van der Waals surface area contributed by atoms with Crippen LogP contribution in [-0.4, -0.2) is 16.1 Å². The van der Waals surface area contributed by atoms with E-state index in [1.165, 1.54) is 6.07 Å². The van der Waals surface area contributed by atoms with Crippen molar-refractivity contribution in [2.75, 3.05) is 0 Å². The van der Waals surface area contributed by atoms with E-state index >= 15 is 0 Å². The number of pyridine rings is 1. The standard InChI is InChI=1S/C15H14BrNO3/c1-9(2)13-7-10(15(18)19)8-14(17-13)20-12-5-3-11(16)4-6-12/h3-9H,1-2H3,(H,18,19). The molecule has 5 heteroatoms. The Balaban J connectivity index is 2.35. The fraction of sp³-hybridized carbons (Fsp3) is 0.200. The van der Waals surface area contributed by atoms with Crippen LogP contribution in [0.4, 0.5) is 0 Å². The molecule has 104 valence electrons. The van der Waals surface area contributed by atoms with Crippen LogP contribution in [0.1, 0.15) is 35.8 Å². The van der Waals surface area contributed by atoms with Crippen LogP contribution in [0, 0.1) is 0 Å². The van der Waals surface area contributed by atoms with Gasteiger partial charge in [0.1, 0.15) is 5.75 Å². The van der Waals surface area contributed by atoms with Crippen molar-refractivity contribution in [3.05, 3.63) is 52.1 Å². The van der Waals surface area contributed by atoms with Gasteiger partial charge in [-0.1, -0.05) is 29.8 Å². The maximum absolute atomic E-state index is 11.1. The molecule has 0 amide bonds. The zero-order valence-corrected chi connectivity index (χ0v) is 12.7. The molecule has 0 unspecified atom stereocenters. The molecule has 0 radical (unpaired) electrons. The topological polar surface area (TPSA) is 59.4 Å². The van der Waals surface area contributed by atoms with Crippen LogP contribution >= 0.6 is 15.9 Å². The molecule has 1 N–H and O–H groups in total. The molecule has 0 atom stereocenters. The number of halogens is 1. The van der Waals surface area contributed by atoms with Crippen LogP contribution < -0.4 is 4.74 Å². The summed E-state index contributed by atoms with van der Waals surface area (Å²) in [6, 6.07) is 10.3. The van der Waals surface area contributed by atoms with Crippen LogP contribution in [0.15, 0.2) is 40.9 Å². The van der Waals surface area contributed by atoms with Crippen molar-refractivity contribution in [3.8, 4) is 11.6 Å². The third-order valence-corrected chi connectivity index (χ3v) is 3.22. The van der Waals surface area contributed by atoms with Gasteiger partial charge in [0.2, 0.25) is 5.88 Å². The number of aromatic nitrogens is 1. The first-order chi connectivity index (χ1) is 9.45. The molecule has 1 heterocycles. The minimum atomic E-state index is -0.991. The summed E-state index contributed by atoms with van der Waals surface area (Å²) in [6.45, 7) is 3.91. The highest BCUT2D eigenvalue weighted by Gasteiger charge is 2.12. The number of aromatic carboxylic acids is 1. The Labute approximate surface area is 125 Å². The van der Waals surface area contributed by atoms with Gasteiger partial charge in [0, 0.05) is 16.2 Å². The number of carboxylic acid groups (broad SMARTS) is 1. The lowest BCUT2D eigenvalue weighted by molar-refractivity contribution is 0.0696. The Bertz CT molecular complexity index is 624. The molecular weight excluding hydrogens is 322 g/mol. The van der Waals surface area contributed by atoms with E-state index in [2.05, 4.69) is 20.9 Å². The molecule has 0 fully saturated rings. The Morgan fingerprint density at radius 3 is 2.45 bits per heavy atom. The summed E-state index contributed by atoms with van der Waals surface area (Å²) in [6.07, 6.45) is 0. The third-order valence-electron chi connectivity index (χ3n) is 2.70. The first-order valence-corrected chi connectivity index (χ1v) is 6.93. The van der Waals surface area contributed by atoms with Crippen LogP contribution in [0.25, 0.3) is 0 Å². The Kier molecular flexibility index (Phi) is 4.39. The predicted octanol–water partition coefficient (Wildman–Crippen LogP) is 4.46. The zero-order chi connectivity index (χ0) is 14.7. The largest absolute Gasteiger partial charge is 0.478 e. The van der Waals surface area contributed by atoms with Crippen molar-refractivity contribution in [3.63, 3.8) is 0 Å². The molecule has 2 rings (SSSR count). The summed E-state index contributed by atoms with van der Waals surface area (Å²) >= 11 is 3.34. The first-order valence-electron chi connectivity index (χ1n) is 6.14. The zero-order valence-electron chi connectivity index (χ0n) is 11.1. The van der Waals surface area contributed by atoms with Gasteiger partial charge < -0.3 is 9.84 Å². The third kappa shape index (κ3) is 3.57. The summed E-state index contributed by atoms with van der Waals surface area (Å²) in [4.78, 5) is 15.5. The molecule has 0 aliphatic rings. The predicted molar refractivity (Wildman–Crippen MR) is 79.5 cm³/mol. The number of hydrogen-bond acceptors (Lipinski definition) is 3. The molecule has 4 nitrogen and oxygen atoms in total. The van der Waals surface area contributed by atoms with Crippen molar-refractivity contribution >= 4 is 21.9 Å². The Morgan fingerprint density at radius 1 is 1.25 bits per heavy atom. The lowest BCUT2D eigenvalue weighted by Gasteiger charge is -2.10. The lowest BCUT2D eigenvalue weighted by atomic mass is 10.1. The summed E-state index contributed by atoms with van der Waals surface area (Å²) in [5.74, 6) is 0.0328. The normalized spacial score (nSPS) is 10.6. The van der Waals surface area contributed by atoms with E-state index in [1.807, 2.05) is 26.0 Å². The van der Waals surface area contributed by atoms with Crippen molar-refractivity contribution < 1.29 is 14.6 Å². The van der Waals surface area contributed by atoms with Crippen LogP contribution in [0.5, 0.6) is 11.6 Å². The summed E-state index contributed by atoms with van der Waals surface area (Å²) in [5, 5.41) is 9.13. The van der Waals surface area contributed by atoms with Gasteiger partial charge in [-0.2, -0.15) is 0 Å². The highest BCUT2D eigenvalue weighted by Crippen LogP contribution is 2.25. The summed E-state index contributed by atoms with van der Waals surface area (Å²) < 4.78 is 6.56. The smallest absolute Gasteiger partial charge is 0.335 e. The molecule has 20 heavy (non-hydrogen) atoms.